The van der Waals surface area contributed by atoms with E-state index in [-0.39, 0.29) is 6.42 Å². The Morgan fingerprint density at radius 2 is 2.21 bits per heavy atom. The van der Waals surface area contributed by atoms with Gasteiger partial charge in [0.05, 0.1) is 19.6 Å². The maximum Gasteiger partial charge on any atom is 0.305 e. The molecule has 0 aliphatic heterocycles. The van der Waals surface area contributed by atoms with Crippen LogP contribution in [0.1, 0.15) is 18.0 Å². The normalized spacial score (nSPS) is 11.4. The highest BCUT2D eigenvalue weighted by Crippen LogP contribution is 2.22. The van der Waals surface area contributed by atoms with Crippen molar-refractivity contribution in [1.29, 1.82) is 0 Å². The molecule has 0 fully saturated rings. The van der Waals surface area contributed by atoms with Crippen LogP contribution in [0.5, 0.6) is 5.75 Å². The summed E-state index contributed by atoms with van der Waals surface area (Å²) in [6.45, 7) is 0. The fourth-order valence-electron chi connectivity index (χ4n) is 2.05. The summed E-state index contributed by atoms with van der Waals surface area (Å²) in [6, 6.07) is 10.3. The summed E-state index contributed by atoms with van der Waals surface area (Å²) in [5, 5.41) is 15.4. The highest BCUT2D eigenvalue weighted by atomic mass is 79.9. The number of thiocarbonyl (C=S) groups is 1. The first-order valence-electron chi connectivity index (χ1n) is 7.02. The summed E-state index contributed by atoms with van der Waals surface area (Å²) in [5.74, 6) is 0.286. The minimum Gasteiger partial charge on any atom is -0.497 e. The third-order valence-electron chi connectivity index (χ3n) is 3.15. The van der Waals surface area contributed by atoms with Gasteiger partial charge in [-0.3, -0.25) is 4.79 Å². The maximum atomic E-state index is 11.2. The zero-order chi connectivity index (χ0) is 17.5. The van der Waals surface area contributed by atoms with E-state index in [0.29, 0.717) is 16.7 Å². The van der Waals surface area contributed by atoms with Gasteiger partial charge in [0, 0.05) is 10.7 Å². The molecule has 24 heavy (non-hydrogen) atoms. The number of carbonyl (C=O) groups is 1. The number of carboxylic acids is 1. The molecule has 0 aliphatic rings. The van der Waals surface area contributed by atoms with E-state index in [1.54, 1.807) is 37.6 Å². The lowest BCUT2D eigenvalue weighted by atomic mass is 10.0. The molecular weight excluding hydrogens is 394 g/mol. The van der Waals surface area contributed by atoms with Gasteiger partial charge in [0.15, 0.2) is 5.11 Å². The smallest absolute Gasteiger partial charge is 0.305 e. The first-order chi connectivity index (χ1) is 11.5. The molecule has 1 aromatic heterocycles. The Kier molecular flexibility index (Phi) is 6.51. The monoisotopic (exact) mass is 409 g/mol. The van der Waals surface area contributed by atoms with Gasteiger partial charge in [-0.15, -0.1) is 0 Å². The Morgan fingerprint density at radius 3 is 2.83 bits per heavy atom. The van der Waals surface area contributed by atoms with E-state index in [4.69, 9.17) is 22.1 Å². The van der Waals surface area contributed by atoms with Gasteiger partial charge >= 0.3 is 5.97 Å². The number of pyridine rings is 1. The lowest BCUT2D eigenvalue weighted by Crippen LogP contribution is -2.33. The van der Waals surface area contributed by atoms with Gasteiger partial charge in [0.2, 0.25) is 0 Å². The molecule has 0 amide bonds. The Hall–Kier alpha value is -2.19. The molecule has 1 atom stereocenters. The van der Waals surface area contributed by atoms with Crippen LogP contribution in [0, 0.1) is 0 Å². The van der Waals surface area contributed by atoms with Crippen molar-refractivity contribution in [2.75, 3.05) is 12.4 Å². The molecule has 2 aromatic rings. The van der Waals surface area contributed by atoms with Crippen LogP contribution in [0.15, 0.2) is 47.1 Å². The number of aliphatic carboxylic acids is 1. The number of hydrogen-bond acceptors (Lipinski definition) is 4. The number of carboxylic acid groups (broad SMARTS) is 1. The number of anilines is 1. The van der Waals surface area contributed by atoms with Crippen LogP contribution in [0.25, 0.3) is 0 Å². The molecule has 6 nitrogen and oxygen atoms in total. The number of nitrogens with zero attached hydrogens (tertiary/aromatic N) is 1. The highest BCUT2D eigenvalue weighted by Gasteiger charge is 2.17. The minimum atomic E-state index is -0.931. The molecule has 1 aromatic carbocycles. The third-order valence-corrected chi connectivity index (χ3v) is 3.84. The molecule has 0 radical (unpaired) electrons. The fraction of sp³-hybridized carbons (Fsp3) is 0.188. The van der Waals surface area contributed by atoms with E-state index < -0.39 is 12.0 Å². The lowest BCUT2D eigenvalue weighted by molar-refractivity contribution is -0.137. The summed E-state index contributed by atoms with van der Waals surface area (Å²) >= 11 is 8.57. The number of methoxy groups -OCH3 is 1. The van der Waals surface area contributed by atoms with Gasteiger partial charge in [0.1, 0.15) is 11.6 Å². The van der Waals surface area contributed by atoms with Crippen molar-refractivity contribution in [2.45, 2.75) is 12.5 Å². The molecular formula is C16H16BrN3O3S. The number of aromatic nitrogens is 1. The SMILES string of the molecule is COc1cccc([C@@H](CC(=O)O)NC(=S)Nc2ccc(Br)cn2)c1. The highest BCUT2D eigenvalue weighted by molar-refractivity contribution is 9.10. The van der Waals surface area contributed by atoms with E-state index in [0.717, 1.165) is 10.0 Å². The molecule has 0 unspecified atom stereocenters. The van der Waals surface area contributed by atoms with Gasteiger partial charge in [-0.1, -0.05) is 12.1 Å². The zero-order valence-electron chi connectivity index (χ0n) is 12.8. The number of nitrogens with one attached hydrogen (secondary N) is 2. The number of hydrogen-bond donors (Lipinski definition) is 3. The average molecular weight is 410 g/mol. The van der Waals surface area contributed by atoms with Crippen molar-refractivity contribution < 1.29 is 14.6 Å². The lowest BCUT2D eigenvalue weighted by Gasteiger charge is -2.20. The summed E-state index contributed by atoms with van der Waals surface area (Å²) in [5.41, 5.74) is 0.768. The van der Waals surface area contributed by atoms with Crippen LogP contribution in [-0.2, 0) is 4.79 Å². The van der Waals surface area contributed by atoms with Crippen molar-refractivity contribution in [2.24, 2.45) is 0 Å². The Bertz CT molecular complexity index is 725. The largest absolute Gasteiger partial charge is 0.497 e. The first kappa shape index (κ1) is 18.2. The molecule has 0 aliphatic carbocycles. The third kappa shape index (κ3) is 5.47. The number of ether oxygens (including phenoxy) is 1. The van der Waals surface area contributed by atoms with Crippen molar-refractivity contribution in [3.63, 3.8) is 0 Å². The quantitative estimate of drug-likeness (QED) is 0.630. The predicted molar refractivity (Wildman–Crippen MR) is 99.3 cm³/mol. The van der Waals surface area contributed by atoms with Crippen LogP contribution < -0.4 is 15.4 Å². The van der Waals surface area contributed by atoms with E-state index in [1.807, 2.05) is 12.1 Å². The minimum absolute atomic E-state index is 0.122. The van der Waals surface area contributed by atoms with Gasteiger partial charge in [-0.05, 0) is 58.0 Å². The Labute approximate surface area is 153 Å². The van der Waals surface area contributed by atoms with Crippen LogP contribution >= 0.6 is 28.1 Å². The Morgan fingerprint density at radius 1 is 1.42 bits per heavy atom. The summed E-state index contributed by atoms with van der Waals surface area (Å²) in [4.78, 5) is 15.3. The second-order valence-corrected chi connectivity index (χ2v) is 6.21. The average Bonchev–Trinajstić information content (AvgIpc) is 2.56. The van der Waals surface area contributed by atoms with Crippen LogP contribution in [0.3, 0.4) is 0 Å². The summed E-state index contributed by atoms with van der Waals surface area (Å²) < 4.78 is 6.04. The van der Waals surface area contributed by atoms with Gasteiger partial charge in [-0.2, -0.15) is 0 Å². The van der Waals surface area contributed by atoms with Crippen LogP contribution in [0.4, 0.5) is 5.82 Å². The van der Waals surface area contributed by atoms with Crippen molar-refractivity contribution in [3.05, 3.63) is 52.6 Å². The standard InChI is InChI=1S/C16H16BrN3O3S/c1-23-12-4-2-3-10(7-12)13(8-15(21)22)19-16(24)20-14-6-5-11(17)9-18-14/h2-7,9,13H,8H2,1H3,(H,21,22)(H2,18,19,20,24)/t13-/m1/s1. The second-order valence-electron chi connectivity index (χ2n) is 4.89. The second kappa shape index (κ2) is 8.60. The van der Waals surface area contributed by atoms with Gasteiger partial charge in [0.25, 0.3) is 0 Å². The number of benzene rings is 1. The molecule has 126 valence electrons. The van der Waals surface area contributed by atoms with Crippen LogP contribution in [0.2, 0.25) is 0 Å². The molecule has 3 N–H and O–H groups in total. The molecule has 0 saturated heterocycles. The zero-order valence-corrected chi connectivity index (χ0v) is 15.2. The number of halogens is 1. The van der Waals surface area contributed by atoms with Crippen molar-refractivity contribution in [1.82, 2.24) is 10.3 Å². The molecule has 8 heteroatoms. The van der Waals surface area contributed by atoms with E-state index in [9.17, 15) is 4.79 Å². The predicted octanol–water partition coefficient (Wildman–Crippen LogP) is 3.36. The molecule has 0 saturated carbocycles. The summed E-state index contributed by atoms with van der Waals surface area (Å²) in [7, 11) is 1.56. The van der Waals surface area contributed by atoms with E-state index in [2.05, 4.69) is 31.5 Å². The fourth-order valence-corrected chi connectivity index (χ4v) is 2.53. The van der Waals surface area contributed by atoms with Gasteiger partial charge < -0.3 is 20.5 Å². The first-order valence-corrected chi connectivity index (χ1v) is 8.23. The topological polar surface area (TPSA) is 83.5 Å². The molecule has 1 heterocycles. The number of rotatable bonds is 6. The van der Waals surface area contributed by atoms with Crippen molar-refractivity contribution in [3.8, 4) is 5.75 Å². The molecule has 0 bridgehead atoms. The maximum absolute atomic E-state index is 11.2. The summed E-state index contributed by atoms with van der Waals surface area (Å²) in [6.07, 6.45) is 1.52. The van der Waals surface area contributed by atoms with E-state index in [1.165, 1.54) is 0 Å². The van der Waals surface area contributed by atoms with Gasteiger partial charge in [-0.25, -0.2) is 4.98 Å². The molecule has 0 spiro atoms. The van der Waals surface area contributed by atoms with E-state index >= 15 is 0 Å². The van der Waals surface area contributed by atoms with Crippen LogP contribution in [-0.4, -0.2) is 28.3 Å². The van der Waals surface area contributed by atoms with Crippen molar-refractivity contribution >= 4 is 45.0 Å². The Balaban J connectivity index is 2.11. The molecule has 2 rings (SSSR count).